The fourth-order valence-electron chi connectivity index (χ4n) is 2.14. The largest absolute Gasteiger partial charge is 0.389 e. The normalized spacial score (nSPS) is 12.9. The lowest BCUT2D eigenvalue weighted by Crippen LogP contribution is -2.49. The van der Waals surface area contributed by atoms with E-state index in [1.165, 1.54) is 18.2 Å². The molecular formula is C16H20ClF4NO3S. The van der Waals surface area contributed by atoms with E-state index in [0.29, 0.717) is 0 Å². The highest BCUT2D eigenvalue weighted by atomic mass is 35.5. The average Bonchev–Trinajstić information content (AvgIpc) is 2.48. The number of amides is 1. The van der Waals surface area contributed by atoms with Crippen molar-refractivity contribution in [1.29, 1.82) is 0 Å². The second kappa shape index (κ2) is 8.56. The second-order valence-electron chi connectivity index (χ2n) is 6.25. The van der Waals surface area contributed by atoms with Crippen molar-refractivity contribution < 1.29 is 30.8 Å². The van der Waals surface area contributed by atoms with E-state index in [4.69, 9.17) is 11.6 Å². The number of halogens is 5. The molecule has 0 saturated carbocycles. The van der Waals surface area contributed by atoms with Gasteiger partial charge in [0.25, 0.3) is 0 Å². The van der Waals surface area contributed by atoms with Gasteiger partial charge in [-0.05, 0) is 38.8 Å². The maximum atomic E-state index is 13.6. The van der Waals surface area contributed by atoms with Gasteiger partial charge < -0.3 is 5.32 Å². The van der Waals surface area contributed by atoms with Gasteiger partial charge in [0.15, 0.2) is 9.84 Å². The summed E-state index contributed by atoms with van der Waals surface area (Å²) in [4.78, 5) is 12.2. The lowest BCUT2D eigenvalue weighted by atomic mass is 10.1. The van der Waals surface area contributed by atoms with Gasteiger partial charge in [-0.25, -0.2) is 12.8 Å². The zero-order valence-corrected chi connectivity index (χ0v) is 15.9. The number of carbonyl (C=O) groups excluding carboxylic acids is 1. The third-order valence-corrected chi connectivity index (χ3v) is 6.84. The van der Waals surface area contributed by atoms with Crippen molar-refractivity contribution in [3.63, 3.8) is 0 Å². The van der Waals surface area contributed by atoms with E-state index < -0.39 is 51.1 Å². The Morgan fingerprint density at radius 2 is 1.85 bits per heavy atom. The lowest BCUT2D eigenvalue weighted by molar-refractivity contribution is -0.134. The Hall–Kier alpha value is -1.35. The van der Waals surface area contributed by atoms with Crippen molar-refractivity contribution in [3.05, 3.63) is 34.6 Å². The summed E-state index contributed by atoms with van der Waals surface area (Å²) < 4.78 is 72.7. The van der Waals surface area contributed by atoms with Crippen molar-refractivity contribution in [2.75, 3.05) is 12.3 Å². The Kier molecular flexibility index (Phi) is 7.47. The first-order valence-corrected chi connectivity index (χ1v) is 9.81. The summed E-state index contributed by atoms with van der Waals surface area (Å²) in [5.41, 5.74) is 0.181. The van der Waals surface area contributed by atoms with Gasteiger partial charge in [0.1, 0.15) is 10.6 Å². The summed E-state index contributed by atoms with van der Waals surface area (Å²) in [5, 5.41) is 2.55. The van der Waals surface area contributed by atoms with Crippen LogP contribution in [-0.4, -0.2) is 37.5 Å². The van der Waals surface area contributed by atoms with Crippen LogP contribution in [0.15, 0.2) is 18.2 Å². The van der Waals surface area contributed by atoms with Gasteiger partial charge in [-0.3, -0.25) is 4.79 Å². The Labute approximate surface area is 154 Å². The first kappa shape index (κ1) is 22.7. The molecule has 0 aliphatic carbocycles. The van der Waals surface area contributed by atoms with E-state index in [0.717, 1.165) is 13.8 Å². The molecule has 0 bridgehead atoms. The van der Waals surface area contributed by atoms with E-state index in [1.807, 2.05) is 0 Å². The fraction of sp³-hybridized carbons (Fsp3) is 0.562. The molecule has 148 valence electrons. The minimum absolute atomic E-state index is 0.0431. The van der Waals surface area contributed by atoms with E-state index >= 15 is 0 Å². The molecule has 0 atom stereocenters. The Bertz CT molecular complexity index is 728. The van der Waals surface area contributed by atoms with E-state index in [-0.39, 0.29) is 23.6 Å². The van der Waals surface area contributed by atoms with Crippen LogP contribution in [0, 0.1) is 5.82 Å². The van der Waals surface area contributed by atoms with Gasteiger partial charge in [-0.1, -0.05) is 17.7 Å². The third-order valence-electron chi connectivity index (χ3n) is 3.92. The maximum absolute atomic E-state index is 13.6. The first-order valence-electron chi connectivity index (χ1n) is 7.78. The zero-order chi connectivity index (χ0) is 20.2. The quantitative estimate of drug-likeness (QED) is 0.656. The molecule has 4 nitrogen and oxygen atoms in total. The SMILES string of the molecule is CC(C)(C(=O)NCCc1c(F)cccc1Cl)S(=O)(=O)CCCC(F)(F)F. The van der Waals surface area contributed by atoms with Crippen molar-refractivity contribution in [2.45, 2.75) is 44.0 Å². The van der Waals surface area contributed by atoms with Crippen LogP contribution < -0.4 is 5.32 Å². The highest BCUT2D eigenvalue weighted by molar-refractivity contribution is 7.93. The summed E-state index contributed by atoms with van der Waals surface area (Å²) in [7, 11) is -4.11. The van der Waals surface area contributed by atoms with E-state index in [1.54, 1.807) is 0 Å². The smallest absolute Gasteiger partial charge is 0.354 e. The van der Waals surface area contributed by atoms with Gasteiger partial charge in [-0.15, -0.1) is 0 Å². The molecule has 1 amide bonds. The summed E-state index contributed by atoms with van der Waals surface area (Å²) >= 11 is 5.86. The van der Waals surface area contributed by atoms with Crippen molar-refractivity contribution in [1.82, 2.24) is 5.32 Å². The molecule has 0 saturated heterocycles. The molecular weight excluding hydrogens is 398 g/mol. The van der Waals surface area contributed by atoms with Gasteiger partial charge in [0.2, 0.25) is 5.91 Å². The average molecular weight is 418 g/mol. The Morgan fingerprint density at radius 1 is 1.23 bits per heavy atom. The molecule has 0 aliphatic heterocycles. The summed E-state index contributed by atoms with van der Waals surface area (Å²) in [6, 6.07) is 4.12. The van der Waals surface area contributed by atoms with Gasteiger partial charge in [0.05, 0.1) is 5.75 Å². The van der Waals surface area contributed by atoms with Crippen molar-refractivity contribution in [3.8, 4) is 0 Å². The molecule has 1 rings (SSSR count). The van der Waals surface area contributed by atoms with Crippen LogP contribution in [0.25, 0.3) is 0 Å². The van der Waals surface area contributed by atoms with Crippen molar-refractivity contribution in [2.24, 2.45) is 0 Å². The lowest BCUT2D eigenvalue weighted by Gasteiger charge is -2.24. The number of nitrogens with one attached hydrogen (secondary N) is 1. The number of hydrogen-bond donors (Lipinski definition) is 1. The predicted octanol–water partition coefficient (Wildman–Crippen LogP) is 3.67. The number of carbonyl (C=O) groups is 1. The minimum atomic E-state index is -4.46. The van der Waals surface area contributed by atoms with E-state index in [2.05, 4.69) is 5.32 Å². The van der Waals surface area contributed by atoms with Gasteiger partial charge in [0, 0.05) is 23.6 Å². The predicted molar refractivity (Wildman–Crippen MR) is 91.3 cm³/mol. The number of hydrogen-bond acceptors (Lipinski definition) is 3. The topological polar surface area (TPSA) is 63.2 Å². The van der Waals surface area contributed by atoms with Crippen LogP contribution >= 0.6 is 11.6 Å². The molecule has 1 aromatic carbocycles. The molecule has 0 aromatic heterocycles. The van der Waals surface area contributed by atoms with Crippen LogP contribution in [0.3, 0.4) is 0 Å². The number of rotatable bonds is 8. The van der Waals surface area contributed by atoms with Crippen LogP contribution in [0.1, 0.15) is 32.3 Å². The molecule has 0 spiro atoms. The number of benzene rings is 1. The van der Waals surface area contributed by atoms with Gasteiger partial charge in [-0.2, -0.15) is 13.2 Å². The molecule has 26 heavy (non-hydrogen) atoms. The summed E-state index contributed by atoms with van der Waals surface area (Å²) in [6.45, 7) is 2.18. The first-order chi connectivity index (χ1) is 11.8. The monoisotopic (exact) mass is 417 g/mol. The zero-order valence-electron chi connectivity index (χ0n) is 14.3. The van der Waals surface area contributed by atoms with Gasteiger partial charge >= 0.3 is 6.18 Å². The van der Waals surface area contributed by atoms with Crippen LogP contribution in [-0.2, 0) is 21.1 Å². The molecule has 0 unspecified atom stereocenters. The highest BCUT2D eigenvalue weighted by Crippen LogP contribution is 2.25. The molecule has 1 N–H and O–H groups in total. The van der Waals surface area contributed by atoms with Crippen molar-refractivity contribution >= 4 is 27.3 Å². The molecule has 0 fully saturated rings. The summed E-state index contributed by atoms with van der Waals surface area (Å²) in [6.07, 6.45) is -6.27. The number of alkyl halides is 3. The molecule has 1 aromatic rings. The molecule has 0 heterocycles. The van der Waals surface area contributed by atoms with Crippen LogP contribution in [0.4, 0.5) is 17.6 Å². The fourth-order valence-corrected chi connectivity index (χ4v) is 3.79. The van der Waals surface area contributed by atoms with Crippen LogP contribution in [0.2, 0.25) is 5.02 Å². The molecule has 10 heteroatoms. The van der Waals surface area contributed by atoms with Crippen LogP contribution in [0.5, 0.6) is 0 Å². The third kappa shape index (κ3) is 6.12. The standard InChI is InChI=1S/C16H20ClF4NO3S/c1-15(2,26(24,25)10-4-8-16(19,20)21)14(23)22-9-7-11-12(17)5-3-6-13(11)18/h3,5-6H,4,7-10H2,1-2H3,(H,22,23). The molecule has 0 aliphatic rings. The Balaban J connectivity index is 2.66. The second-order valence-corrected chi connectivity index (χ2v) is 9.32. The Morgan fingerprint density at radius 3 is 2.38 bits per heavy atom. The van der Waals surface area contributed by atoms with E-state index in [9.17, 15) is 30.8 Å². The number of sulfone groups is 1. The summed E-state index contributed by atoms with van der Waals surface area (Å²) in [5.74, 6) is -2.17. The highest BCUT2D eigenvalue weighted by Gasteiger charge is 2.41. The minimum Gasteiger partial charge on any atom is -0.354 e. The maximum Gasteiger partial charge on any atom is 0.389 e. The molecule has 0 radical (unpaired) electrons.